The molecule has 1 aromatic heterocycles. The summed E-state index contributed by atoms with van der Waals surface area (Å²) in [6.45, 7) is 0. The molecule has 0 unspecified atom stereocenters. The zero-order valence-corrected chi connectivity index (χ0v) is 11.5. The summed E-state index contributed by atoms with van der Waals surface area (Å²) >= 11 is 8.20. The summed E-state index contributed by atoms with van der Waals surface area (Å²) in [6, 6.07) is 9.22. The molecule has 1 heterocycles. The van der Waals surface area contributed by atoms with E-state index in [1.807, 2.05) is 35.7 Å². The summed E-state index contributed by atoms with van der Waals surface area (Å²) in [6.07, 6.45) is 0. The van der Waals surface area contributed by atoms with Crippen molar-refractivity contribution in [3.63, 3.8) is 0 Å². The number of hydrogen-bond donors (Lipinski definition) is 0. The van der Waals surface area contributed by atoms with Crippen molar-refractivity contribution in [3.8, 4) is 0 Å². The standard InChI is InChI=1S/C11H6Br2OS/c12-9-3-1-7(2-4-9)11(14)8-5-10(13)15-6-8/h1-6H. The highest BCUT2D eigenvalue weighted by molar-refractivity contribution is 9.11. The third-order valence-corrected chi connectivity index (χ3v) is 3.97. The van der Waals surface area contributed by atoms with Gasteiger partial charge in [-0.05, 0) is 46.3 Å². The quantitative estimate of drug-likeness (QED) is 0.732. The van der Waals surface area contributed by atoms with Crippen LogP contribution in [0, 0.1) is 0 Å². The second kappa shape index (κ2) is 4.60. The van der Waals surface area contributed by atoms with Crippen LogP contribution >= 0.6 is 43.2 Å². The smallest absolute Gasteiger partial charge is 0.193 e. The van der Waals surface area contributed by atoms with Crippen LogP contribution in [0.25, 0.3) is 0 Å². The molecule has 0 aliphatic heterocycles. The molecule has 0 spiro atoms. The molecule has 0 saturated carbocycles. The molecule has 1 aromatic carbocycles. The molecule has 0 amide bonds. The summed E-state index contributed by atoms with van der Waals surface area (Å²) < 4.78 is 1.95. The lowest BCUT2D eigenvalue weighted by atomic mass is 10.1. The van der Waals surface area contributed by atoms with Gasteiger partial charge in [0.15, 0.2) is 5.78 Å². The van der Waals surface area contributed by atoms with Gasteiger partial charge in [-0.15, -0.1) is 11.3 Å². The lowest BCUT2D eigenvalue weighted by molar-refractivity contribution is 0.103. The normalized spacial score (nSPS) is 10.3. The van der Waals surface area contributed by atoms with Gasteiger partial charge in [-0.3, -0.25) is 4.79 Å². The van der Waals surface area contributed by atoms with E-state index >= 15 is 0 Å². The van der Waals surface area contributed by atoms with Crippen molar-refractivity contribution in [1.82, 2.24) is 0 Å². The maximum atomic E-state index is 11.9. The van der Waals surface area contributed by atoms with E-state index in [1.165, 1.54) is 11.3 Å². The van der Waals surface area contributed by atoms with Gasteiger partial charge in [0.05, 0.1) is 3.79 Å². The minimum absolute atomic E-state index is 0.0597. The second-order valence-corrected chi connectivity index (χ2v) is 6.18. The van der Waals surface area contributed by atoms with Crippen LogP contribution < -0.4 is 0 Å². The molecule has 0 aliphatic carbocycles. The van der Waals surface area contributed by atoms with Gasteiger partial charge < -0.3 is 0 Å². The average molecular weight is 346 g/mol. The Morgan fingerprint density at radius 1 is 1.07 bits per heavy atom. The van der Waals surface area contributed by atoms with Crippen LogP contribution in [0.2, 0.25) is 0 Å². The minimum Gasteiger partial charge on any atom is -0.289 e. The van der Waals surface area contributed by atoms with E-state index in [9.17, 15) is 4.79 Å². The summed E-state index contributed by atoms with van der Waals surface area (Å²) in [7, 11) is 0. The first kappa shape index (κ1) is 11.0. The molecule has 2 aromatic rings. The van der Waals surface area contributed by atoms with Gasteiger partial charge in [-0.2, -0.15) is 0 Å². The zero-order valence-electron chi connectivity index (χ0n) is 7.54. The van der Waals surface area contributed by atoms with E-state index in [2.05, 4.69) is 31.9 Å². The van der Waals surface area contributed by atoms with Crippen molar-refractivity contribution >= 4 is 49.0 Å². The SMILES string of the molecule is O=C(c1ccc(Br)cc1)c1csc(Br)c1. The first-order valence-corrected chi connectivity index (χ1v) is 6.67. The Morgan fingerprint density at radius 2 is 1.73 bits per heavy atom. The van der Waals surface area contributed by atoms with Crippen LogP contribution in [0.3, 0.4) is 0 Å². The predicted molar refractivity (Wildman–Crippen MR) is 69.6 cm³/mol. The Morgan fingerprint density at radius 3 is 2.27 bits per heavy atom. The maximum absolute atomic E-state index is 11.9. The highest BCUT2D eigenvalue weighted by Gasteiger charge is 2.10. The molecule has 2 rings (SSSR count). The van der Waals surface area contributed by atoms with Crippen LogP contribution in [0.4, 0.5) is 0 Å². The molecule has 0 radical (unpaired) electrons. The molecule has 4 heteroatoms. The van der Waals surface area contributed by atoms with Gasteiger partial charge in [0.2, 0.25) is 0 Å². The van der Waals surface area contributed by atoms with Gasteiger partial charge in [0.25, 0.3) is 0 Å². The van der Waals surface area contributed by atoms with Crippen molar-refractivity contribution in [2.24, 2.45) is 0 Å². The molecule has 15 heavy (non-hydrogen) atoms. The number of ketones is 1. The summed E-state index contributed by atoms with van der Waals surface area (Å²) in [4.78, 5) is 11.9. The maximum Gasteiger partial charge on any atom is 0.193 e. The molecule has 0 N–H and O–H groups in total. The lowest BCUT2D eigenvalue weighted by Crippen LogP contribution is -1.98. The Kier molecular flexibility index (Phi) is 3.38. The van der Waals surface area contributed by atoms with Crippen molar-refractivity contribution in [2.75, 3.05) is 0 Å². The van der Waals surface area contributed by atoms with Crippen molar-refractivity contribution in [2.45, 2.75) is 0 Å². The first-order valence-electron chi connectivity index (χ1n) is 4.21. The Balaban J connectivity index is 2.32. The van der Waals surface area contributed by atoms with E-state index in [0.717, 1.165) is 13.8 Å². The molecule has 0 fully saturated rings. The van der Waals surface area contributed by atoms with Crippen molar-refractivity contribution in [1.29, 1.82) is 0 Å². The Hall–Kier alpha value is -0.450. The van der Waals surface area contributed by atoms with Gasteiger partial charge in [0.1, 0.15) is 0 Å². The van der Waals surface area contributed by atoms with Crippen LogP contribution in [-0.4, -0.2) is 5.78 Å². The Bertz CT molecular complexity index is 488. The molecular weight excluding hydrogens is 340 g/mol. The molecule has 1 nitrogen and oxygen atoms in total. The van der Waals surface area contributed by atoms with Gasteiger partial charge in [0, 0.05) is 21.0 Å². The largest absolute Gasteiger partial charge is 0.289 e. The van der Waals surface area contributed by atoms with Crippen LogP contribution in [0.1, 0.15) is 15.9 Å². The summed E-state index contributed by atoms with van der Waals surface area (Å²) in [5.41, 5.74) is 1.44. The predicted octanol–water partition coefficient (Wildman–Crippen LogP) is 4.50. The number of carbonyl (C=O) groups excluding carboxylic acids is 1. The Labute approximate surface area is 108 Å². The zero-order chi connectivity index (χ0) is 10.8. The molecule has 76 valence electrons. The van der Waals surface area contributed by atoms with Crippen LogP contribution in [0.15, 0.2) is 44.0 Å². The van der Waals surface area contributed by atoms with E-state index in [1.54, 1.807) is 0 Å². The van der Waals surface area contributed by atoms with Crippen LogP contribution in [-0.2, 0) is 0 Å². The van der Waals surface area contributed by atoms with Crippen LogP contribution in [0.5, 0.6) is 0 Å². The average Bonchev–Trinajstić information content (AvgIpc) is 2.65. The number of hydrogen-bond acceptors (Lipinski definition) is 2. The van der Waals surface area contributed by atoms with E-state index in [-0.39, 0.29) is 5.78 Å². The number of carbonyl (C=O) groups is 1. The van der Waals surface area contributed by atoms with E-state index in [0.29, 0.717) is 5.56 Å². The van der Waals surface area contributed by atoms with E-state index < -0.39 is 0 Å². The molecule has 0 atom stereocenters. The number of benzene rings is 1. The monoisotopic (exact) mass is 344 g/mol. The molecule has 0 aliphatic rings. The second-order valence-electron chi connectivity index (χ2n) is 2.98. The third kappa shape index (κ3) is 2.56. The fraction of sp³-hybridized carbons (Fsp3) is 0. The topological polar surface area (TPSA) is 17.1 Å². The summed E-state index contributed by atoms with van der Waals surface area (Å²) in [5.74, 6) is 0.0597. The van der Waals surface area contributed by atoms with Gasteiger partial charge in [-0.25, -0.2) is 0 Å². The first-order chi connectivity index (χ1) is 7.16. The third-order valence-electron chi connectivity index (χ3n) is 1.94. The highest BCUT2D eigenvalue weighted by Crippen LogP contribution is 2.23. The summed E-state index contributed by atoms with van der Waals surface area (Å²) in [5, 5.41) is 1.86. The number of rotatable bonds is 2. The number of halogens is 2. The number of thiophene rings is 1. The van der Waals surface area contributed by atoms with Gasteiger partial charge in [-0.1, -0.05) is 15.9 Å². The van der Waals surface area contributed by atoms with E-state index in [4.69, 9.17) is 0 Å². The molecular formula is C11H6Br2OS. The molecule has 0 saturated heterocycles. The van der Waals surface area contributed by atoms with Crippen molar-refractivity contribution in [3.05, 3.63) is 55.1 Å². The highest BCUT2D eigenvalue weighted by atomic mass is 79.9. The minimum atomic E-state index is 0.0597. The lowest BCUT2D eigenvalue weighted by Gasteiger charge is -1.97. The van der Waals surface area contributed by atoms with Crippen molar-refractivity contribution < 1.29 is 4.79 Å². The fourth-order valence-electron chi connectivity index (χ4n) is 1.20. The molecule has 0 bridgehead atoms. The van der Waals surface area contributed by atoms with Gasteiger partial charge >= 0.3 is 0 Å². The fourth-order valence-corrected chi connectivity index (χ4v) is 2.60.